The molecule has 1 N–H and O–H groups in total. The van der Waals surface area contributed by atoms with Gasteiger partial charge in [0.25, 0.3) is 11.6 Å². The van der Waals surface area contributed by atoms with Crippen LogP contribution in [0.4, 0.5) is 5.69 Å². The first kappa shape index (κ1) is 18.6. The van der Waals surface area contributed by atoms with Crippen LogP contribution in [0.2, 0.25) is 0 Å². The molecule has 1 heterocycles. The molecule has 0 fully saturated rings. The van der Waals surface area contributed by atoms with E-state index in [1.165, 1.54) is 18.3 Å². The maximum atomic E-state index is 11.9. The first-order chi connectivity index (χ1) is 13.6. The molecule has 0 aliphatic carbocycles. The van der Waals surface area contributed by atoms with Gasteiger partial charge in [-0.05, 0) is 22.9 Å². The summed E-state index contributed by atoms with van der Waals surface area (Å²) in [5.41, 5.74) is 3.44. The van der Waals surface area contributed by atoms with Crippen LogP contribution in [-0.2, 0) is 11.3 Å². The fourth-order valence-corrected chi connectivity index (χ4v) is 2.22. The number of nitrogens with zero attached hydrogens (tertiary/aromatic N) is 6. The molecule has 0 aliphatic rings. The summed E-state index contributed by atoms with van der Waals surface area (Å²) in [5, 5.41) is 26.4. The van der Waals surface area contributed by atoms with E-state index in [9.17, 15) is 14.9 Å². The Balaban J connectivity index is 1.55. The van der Waals surface area contributed by atoms with Gasteiger partial charge in [-0.15, -0.1) is 10.2 Å². The van der Waals surface area contributed by atoms with Gasteiger partial charge in [-0.25, -0.2) is 5.43 Å². The van der Waals surface area contributed by atoms with E-state index >= 15 is 0 Å². The summed E-state index contributed by atoms with van der Waals surface area (Å²) in [4.78, 5) is 23.4. The van der Waals surface area contributed by atoms with Gasteiger partial charge in [0.2, 0.25) is 0 Å². The molecule has 3 rings (SSSR count). The van der Waals surface area contributed by atoms with Crippen LogP contribution in [0, 0.1) is 10.1 Å². The number of hydrogen-bond acceptors (Lipinski definition) is 7. The van der Waals surface area contributed by atoms with Gasteiger partial charge in [-0.1, -0.05) is 48.5 Å². The maximum absolute atomic E-state index is 11.9. The molecule has 0 radical (unpaired) electrons. The number of tetrazole rings is 1. The van der Waals surface area contributed by atoms with Crippen LogP contribution in [0.15, 0.2) is 59.7 Å². The second kappa shape index (κ2) is 8.94. The molecule has 0 atom stereocenters. The molecule has 0 saturated heterocycles. The van der Waals surface area contributed by atoms with Gasteiger partial charge in [0.15, 0.2) is 5.82 Å². The highest BCUT2D eigenvalue weighted by Gasteiger charge is 2.10. The average Bonchev–Trinajstić information content (AvgIpc) is 3.14. The minimum atomic E-state index is -0.521. The third kappa shape index (κ3) is 5.14. The molecule has 28 heavy (non-hydrogen) atoms. The summed E-state index contributed by atoms with van der Waals surface area (Å²) in [5.74, 6) is -0.133. The molecule has 140 valence electrons. The fraction of sp³-hybridized carbons (Fsp3) is 0.0556. The first-order valence-corrected chi connectivity index (χ1v) is 8.18. The normalized spacial score (nSPS) is 11.1. The lowest BCUT2D eigenvalue weighted by Crippen LogP contribution is -2.24. The van der Waals surface area contributed by atoms with Gasteiger partial charge in [0, 0.05) is 6.07 Å². The van der Waals surface area contributed by atoms with E-state index in [-0.39, 0.29) is 17.8 Å². The number of amides is 1. The van der Waals surface area contributed by atoms with Crippen LogP contribution in [0.3, 0.4) is 0 Å². The van der Waals surface area contributed by atoms with Crippen LogP contribution in [0.5, 0.6) is 0 Å². The number of nitrogens with one attached hydrogen (secondary N) is 1. The number of benzene rings is 2. The quantitative estimate of drug-likeness (QED) is 0.380. The van der Waals surface area contributed by atoms with Crippen molar-refractivity contribution in [2.45, 2.75) is 6.54 Å². The van der Waals surface area contributed by atoms with Crippen LogP contribution in [0.25, 0.3) is 12.2 Å². The van der Waals surface area contributed by atoms with Crippen molar-refractivity contribution < 1.29 is 9.72 Å². The van der Waals surface area contributed by atoms with E-state index in [0.29, 0.717) is 5.82 Å². The minimum Gasteiger partial charge on any atom is -0.271 e. The van der Waals surface area contributed by atoms with E-state index < -0.39 is 10.8 Å². The Hall–Kier alpha value is -4.21. The number of aromatic nitrogens is 4. The lowest BCUT2D eigenvalue weighted by molar-refractivity contribution is -0.385. The number of hydrogen-bond donors (Lipinski definition) is 1. The van der Waals surface area contributed by atoms with Crippen LogP contribution in [-0.4, -0.2) is 37.3 Å². The highest BCUT2D eigenvalue weighted by Crippen LogP contribution is 2.14. The van der Waals surface area contributed by atoms with Gasteiger partial charge in [0.05, 0.1) is 16.7 Å². The van der Waals surface area contributed by atoms with E-state index in [1.807, 2.05) is 36.4 Å². The van der Waals surface area contributed by atoms with E-state index in [1.54, 1.807) is 18.2 Å². The molecule has 2 aromatic carbocycles. The molecule has 10 nitrogen and oxygen atoms in total. The second-order valence-electron chi connectivity index (χ2n) is 5.53. The van der Waals surface area contributed by atoms with Gasteiger partial charge in [0.1, 0.15) is 6.54 Å². The van der Waals surface area contributed by atoms with Crippen molar-refractivity contribution in [3.8, 4) is 0 Å². The van der Waals surface area contributed by atoms with Crippen molar-refractivity contribution in [2.75, 3.05) is 0 Å². The molecular weight excluding hydrogens is 362 g/mol. The van der Waals surface area contributed by atoms with Crippen molar-refractivity contribution in [3.63, 3.8) is 0 Å². The Morgan fingerprint density at radius 2 is 1.89 bits per heavy atom. The molecular formula is C18H15N7O3. The molecule has 0 unspecified atom stereocenters. The predicted molar refractivity (Wildman–Crippen MR) is 102 cm³/mol. The Morgan fingerprint density at radius 3 is 2.68 bits per heavy atom. The van der Waals surface area contributed by atoms with Crippen molar-refractivity contribution >= 4 is 30.0 Å². The third-order valence-corrected chi connectivity index (χ3v) is 3.50. The van der Waals surface area contributed by atoms with Crippen molar-refractivity contribution in [2.24, 2.45) is 5.10 Å². The summed E-state index contributed by atoms with van der Waals surface area (Å²) in [6, 6.07) is 15.7. The molecule has 0 bridgehead atoms. The van der Waals surface area contributed by atoms with Crippen molar-refractivity contribution in [1.82, 2.24) is 25.6 Å². The smallest absolute Gasteiger partial charge is 0.271 e. The second-order valence-corrected chi connectivity index (χ2v) is 5.53. The summed E-state index contributed by atoms with van der Waals surface area (Å²) >= 11 is 0. The molecule has 0 saturated carbocycles. The monoisotopic (exact) mass is 377 g/mol. The van der Waals surface area contributed by atoms with Gasteiger partial charge < -0.3 is 0 Å². The van der Waals surface area contributed by atoms with E-state index in [0.717, 1.165) is 10.4 Å². The molecule has 10 heteroatoms. The maximum Gasteiger partial charge on any atom is 0.278 e. The number of nitro benzene ring substituents is 1. The Labute approximate surface area is 159 Å². The molecule has 0 spiro atoms. The zero-order valence-electron chi connectivity index (χ0n) is 14.5. The van der Waals surface area contributed by atoms with Crippen LogP contribution >= 0.6 is 0 Å². The van der Waals surface area contributed by atoms with E-state index in [4.69, 9.17) is 0 Å². The Morgan fingerprint density at radius 1 is 1.14 bits per heavy atom. The van der Waals surface area contributed by atoms with Crippen LogP contribution < -0.4 is 5.43 Å². The fourth-order valence-electron chi connectivity index (χ4n) is 2.22. The average molecular weight is 377 g/mol. The number of hydrazone groups is 1. The highest BCUT2D eigenvalue weighted by molar-refractivity contribution is 5.86. The minimum absolute atomic E-state index is 0.103. The third-order valence-electron chi connectivity index (χ3n) is 3.50. The summed E-state index contributed by atoms with van der Waals surface area (Å²) in [7, 11) is 0. The summed E-state index contributed by atoms with van der Waals surface area (Å²) < 4.78 is 0. The number of para-hydroxylation sites is 1. The van der Waals surface area contributed by atoms with Crippen molar-refractivity contribution in [3.05, 3.63) is 81.7 Å². The van der Waals surface area contributed by atoms with Crippen LogP contribution in [0.1, 0.15) is 17.0 Å². The van der Waals surface area contributed by atoms with Gasteiger partial charge in [-0.2, -0.15) is 9.90 Å². The summed E-state index contributed by atoms with van der Waals surface area (Å²) in [6.07, 6.45) is 4.72. The lowest BCUT2D eigenvalue weighted by atomic mass is 10.2. The largest absolute Gasteiger partial charge is 0.278 e. The number of carbonyl (C=O) groups is 1. The Bertz CT molecular complexity index is 1030. The SMILES string of the molecule is O=C(Cn1nnc(/C=C/c2ccccc2)n1)N/N=C/c1ccccc1[N+](=O)[O-]. The van der Waals surface area contributed by atoms with Gasteiger partial charge in [-0.3, -0.25) is 14.9 Å². The molecule has 1 aromatic heterocycles. The van der Waals surface area contributed by atoms with E-state index in [2.05, 4.69) is 25.9 Å². The lowest BCUT2D eigenvalue weighted by Gasteiger charge is -1.98. The number of carbonyl (C=O) groups excluding carboxylic acids is 1. The Kier molecular flexibility index (Phi) is 5.93. The standard InChI is InChI=1S/C18H15N7O3/c26-18(21-19-12-15-8-4-5-9-16(15)25(27)28)13-24-22-17(20-23-24)11-10-14-6-2-1-3-7-14/h1-12H,13H2,(H,21,26)/b11-10+,19-12+. The molecule has 3 aromatic rings. The zero-order valence-corrected chi connectivity index (χ0v) is 14.5. The first-order valence-electron chi connectivity index (χ1n) is 8.18. The van der Waals surface area contributed by atoms with Gasteiger partial charge >= 0.3 is 0 Å². The number of rotatable bonds is 7. The predicted octanol–water partition coefficient (Wildman–Crippen LogP) is 1.90. The molecule has 1 amide bonds. The highest BCUT2D eigenvalue weighted by atomic mass is 16.6. The zero-order chi connectivity index (χ0) is 19.8. The summed E-state index contributed by atoms with van der Waals surface area (Å²) in [6.45, 7) is -0.194. The number of nitro groups is 1. The molecule has 0 aliphatic heterocycles. The topological polar surface area (TPSA) is 128 Å². The van der Waals surface area contributed by atoms with Crippen molar-refractivity contribution in [1.29, 1.82) is 0 Å².